The molecular weight excluding hydrogens is 202 g/mol. The Morgan fingerprint density at radius 1 is 1.19 bits per heavy atom. The van der Waals surface area contributed by atoms with Crippen molar-refractivity contribution in [2.75, 3.05) is 5.73 Å². The minimum Gasteiger partial charge on any atom is -0.473 e. The van der Waals surface area contributed by atoms with Gasteiger partial charge in [-0.1, -0.05) is 12.1 Å². The number of ether oxygens (including phenoxy) is 1. The van der Waals surface area contributed by atoms with Crippen LogP contribution < -0.4 is 10.5 Å². The van der Waals surface area contributed by atoms with Crippen LogP contribution in [0.5, 0.6) is 5.88 Å². The first-order valence-electron chi connectivity index (χ1n) is 5.01. The fourth-order valence-corrected chi connectivity index (χ4v) is 1.29. The standard InChI is InChI=1S/C12H13N3O/c1-9-14-7-6-12(15-9)16-8-10-2-4-11(13)5-3-10/h2-7H,8,13H2,1H3. The Balaban J connectivity index is 1.99. The highest BCUT2D eigenvalue weighted by Gasteiger charge is 1.97. The smallest absolute Gasteiger partial charge is 0.216 e. The van der Waals surface area contributed by atoms with Gasteiger partial charge in [-0.15, -0.1) is 0 Å². The maximum absolute atomic E-state index is 5.59. The van der Waals surface area contributed by atoms with Crippen LogP contribution in [0.15, 0.2) is 36.5 Å². The molecule has 2 aromatic rings. The predicted molar refractivity (Wildman–Crippen MR) is 62.0 cm³/mol. The summed E-state index contributed by atoms with van der Waals surface area (Å²) in [4.78, 5) is 8.15. The first kappa shape index (κ1) is 10.4. The molecule has 4 nitrogen and oxygen atoms in total. The summed E-state index contributed by atoms with van der Waals surface area (Å²) in [7, 11) is 0. The number of anilines is 1. The Bertz CT molecular complexity index is 468. The van der Waals surface area contributed by atoms with E-state index in [4.69, 9.17) is 10.5 Å². The molecule has 0 saturated heterocycles. The van der Waals surface area contributed by atoms with Crippen molar-refractivity contribution in [3.05, 3.63) is 47.9 Å². The van der Waals surface area contributed by atoms with Gasteiger partial charge in [-0.05, 0) is 24.6 Å². The quantitative estimate of drug-likeness (QED) is 0.795. The van der Waals surface area contributed by atoms with Crippen molar-refractivity contribution in [1.82, 2.24) is 9.97 Å². The van der Waals surface area contributed by atoms with Crippen LogP contribution in [0.1, 0.15) is 11.4 Å². The maximum Gasteiger partial charge on any atom is 0.216 e. The van der Waals surface area contributed by atoms with Crippen LogP contribution in [0.3, 0.4) is 0 Å². The lowest BCUT2D eigenvalue weighted by molar-refractivity contribution is 0.292. The number of aromatic nitrogens is 2. The van der Waals surface area contributed by atoms with Crippen molar-refractivity contribution < 1.29 is 4.74 Å². The average molecular weight is 215 g/mol. The number of nitrogens with two attached hydrogens (primary N) is 1. The van der Waals surface area contributed by atoms with Gasteiger partial charge >= 0.3 is 0 Å². The molecule has 0 unspecified atom stereocenters. The van der Waals surface area contributed by atoms with E-state index in [1.165, 1.54) is 0 Å². The minimum atomic E-state index is 0.483. The molecule has 2 rings (SSSR count). The van der Waals surface area contributed by atoms with Crippen LogP contribution >= 0.6 is 0 Å². The zero-order chi connectivity index (χ0) is 11.4. The second-order valence-corrected chi connectivity index (χ2v) is 3.47. The van der Waals surface area contributed by atoms with Crippen molar-refractivity contribution in [3.8, 4) is 5.88 Å². The van der Waals surface area contributed by atoms with Gasteiger partial charge in [0.25, 0.3) is 0 Å². The molecule has 0 fully saturated rings. The number of nitrogen functional groups attached to an aromatic ring is 1. The van der Waals surface area contributed by atoms with Gasteiger partial charge in [0, 0.05) is 18.0 Å². The zero-order valence-corrected chi connectivity index (χ0v) is 9.05. The average Bonchev–Trinajstić information content (AvgIpc) is 2.28. The highest BCUT2D eigenvalue weighted by Crippen LogP contribution is 2.10. The highest BCUT2D eigenvalue weighted by atomic mass is 16.5. The number of rotatable bonds is 3. The molecular formula is C12H13N3O. The van der Waals surface area contributed by atoms with Crippen LogP contribution in [0, 0.1) is 6.92 Å². The molecule has 0 amide bonds. The van der Waals surface area contributed by atoms with E-state index in [0.29, 0.717) is 18.3 Å². The van der Waals surface area contributed by atoms with E-state index >= 15 is 0 Å². The summed E-state index contributed by atoms with van der Waals surface area (Å²) in [6.07, 6.45) is 1.68. The Hall–Kier alpha value is -2.10. The summed E-state index contributed by atoms with van der Waals surface area (Å²) in [6, 6.07) is 9.31. The molecule has 1 aromatic carbocycles. The molecule has 0 aliphatic heterocycles. The van der Waals surface area contributed by atoms with Crippen LogP contribution in [-0.4, -0.2) is 9.97 Å². The van der Waals surface area contributed by atoms with Gasteiger partial charge in [0.05, 0.1) is 0 Å². The van der Waals surface area contributed by atoms with Gasteiger partial charge in [0.1, 0.15) is 12.4 Å². The Labute approximate surface area is 94.1 Å². The van der Waals surface area contributed by atoms with Crippen molar-refractivity contribution >= 4 is 5.69 Å². The van der Waals surface area contributed by atoms with Gasteiger partial charge in [0.2, 0.25) is 5.88 Å². The third-order valence-electron chi connectivity index (χ3n) is 2.12. The molecule has 0 spiro atoms. The van der Waals surface area contributed by atoms with E-state index in [2.05, 4.69) is 9.97 Å². The van der Waals surface area contributed by atoms with Gasteiger partial charge in [-0.2, -0.15) is 4.98 Å². The van der Waals surface area contributed by atoms with E-state index < -0.39 is 0 Å². The SMILES string of the molecule is Cc1nccc(OCc2ccc(N)cc2)n1. The van der Waals surface area contributed by atoms with Gasteiger partial charge in [-0.25, -0.2) is 4.98 Å². The van der Waals surface area contributed by atoms with Gasteiger partial charge in [-0.3, -0.25) is 0 Å². The van der Waals surface area contributed by atoms with E-state index in [9.17, 15) is 0 Å². The molecule has 4 heteroatoms. The lowest BCUT2D eigenvalue weighted by Crippen LogP contribution is -1.99. The zero-order valence-electron chi connectivity index (χ0n) is 9.05. The molecule has 1 heterocycles. The fraction of sp³-hybridized carbons (Fsp3) is 0.167. The summed E-state index contributed by atoms with van der Waals surface area (Å²) in [5.74, 6) is 1.29. The van der Waals surface area contributed by atoms with Crippen LogP contribution in [0.2, 0.25) is 0 Å². The molecule has 16 heavy (non-hydrogen) atoms. The fourth-order valence-electron chi connectivity index (χ4n) is 1.29. The van der Waals surface area contributed by atoms with E-state index in [1.54, 1.807) is 12.3 Å². The summed E-state index contributed by atoms with van der Waals surface area (Å²) >= 11 is 0. The number of benzene rings is 1. The number of hydrogen-bond acceptors (Lipinski definition) is 4. The van der Waals surface area contributed by atoms with Crippen LogP contribution in [0.4, 0.5) is 5.69 Å². The molecule has 0 radical (unpaired) electrons. The summed E-state index contributed by atoms with van der Waals surface area (Å²) in [5.41, 5.74) is 7.40. The normalized spacial score (nSPS) is 10.1. The van der Waals surface area contributed by atoms with Crippen molar-refractivity contribution in [3.63, 3.8) is 0 Å². The monoisotopic (exact) mass is 215 g/mol. The van der Waals surface area contributed by atoms with Crippen molar-refractivity contribution in [2.45, 2.75) is 13.5 Å². The largest absolute Gasteiger partial charge is 0.473 e. The van der Waals surface area contributed by atoms with Gasteiger partial charge < -0.3 is 10.5 Å². The van der Waals surface area contributed by atoms with Crippen LogP contribution in [-0.2, 0) is 6.61 Å². The lowest BCUT2D eigenvalue weighted by Gasteiger charge is -2.05. The molecule has 0 aliphatic carbocycles. The van der Waals surface area contributed by atoms with E-state index in [0.717, 1.165) is 11.3 Å². The van der Waals surface area contributed by atoms with Crippen LogP contribution in [0.25, 0.3) is 0 Å². The summed E-state index contributed by atoms with van der Waals surface area (Å²) in [6.45, 7) is 2.31. The first-order chi connectivity index (χ1) is 7.74. The molecule has 82 valence electrons. The molecule has 0 bridgehead atoms. The minimum absolute atomic E-state index is 0.483. The molecule has 0 atom stereocenters. The Morgan fingerprint density at radius 3 is 2.62 bits per heavy atom. The third kappa shape index (κ3) is 2.70. The molecule has 0 aliphatic rings. The number of aryl methyl sites for hydroxylation is 1. The number of hydrogen-bond donors (Lipinski definition) is 1. The van der Waals surface area contributed by atoms with Crippen molar-refractivity contribution in [2.24, 2.45) is 0 Å². The van der Waals surface area contributed by atoms with Crippen molar-refractivity contribution in [1.29, 1.82) is 0 Å². The number of nitrogens with zero attached hydrogens (tertiary/aromatic N) is 2. The Kier molecular flexibility index (Phi) is 3.00. The molecule has 0 saturated carbocycles. The second kappa shape index (κ2) is 4.61. The van der Waals surface area contributed by atoms with E-state index in [1.807, 2.05) is 31.2 Å². The molecule has 1 aromatic heterocycles. The second-order valence-electron chi connectivity index (χ2n) is 3.47. The first-order valence-corrected chi connectivity index (χ1v) is 5.01. The van der Waals surface area contributed by atoms with E-state index in [-0.39, 0.29) is 0 Å². The molecule has 2 N–H and O–H groups in total. The topological polar surface area (TPSA) is 61.0 Å². The summed E-state index contributed by atoms with van der Waals surface area (Å²) < 4.78 is 5.52. The third-order valence-corrected chi connectivity index (χ3v) is 2.12. The summed E-state index contributed by atoms with van der Waals surface area (Å²) in [5, 5.41) is 0. The predicted octanol–water partition coefficient (Wildman–Crippen LogP) is 1.95. The maximum atomic E-state index is 5.59. The lowest BCUT2D eigenvalue weighted by atomic mass is 10.2. The Morgan fingerprint density at radius 2 is 1.94 bits per heavy atom. The van der Waals surface area contributed by atoms with Gasteiger partial charge in [0.15, 0.2) is 0 Å². The highest BCUT2D eigenvalue weighted by molar-refractivity contribution is 5.39.